The zero-order valence-electron chi connectivity index (χ0n) is 11.2. The number of nitrogens with two attached hydrogens (primary N) is 1. The number of halogens is 1. The summed E-state index contributed by atoms with van der Waals surface area (Å²) in [5.41, 5.74) is 7.38. The predicted octanol–water partition coefficient (Wildman–Crippen LogP) is 4.18. The number of hydrogen-bond acceptors (Lipinski definition) is 4. The average molecular weight is 320 g/mol. The fourth-order valence-electron chi connectivity index (χ4n) is 2.12. The van der Waals surface area contributed by atoms with E-state index in [1.807, 2.05) is 23.8 Å². The van der Waals surface area contributed by atoms with E-state index in [2.05, 4.69) is 5.32 Å². The second-order valence-electron chi connectivity index (χ2n) is 4.74. The van der Waals surface area contributed by atoms with Gasteiger partial charge in [0, 0.05) is 10.1 Å². The van der Waals surface area contributed by atoms with E-state index < -0.39 is 0 Å². The molecule has 1 atom stereocenters. The van der Waals surface area contributed by atoms with Crippen molar-refractivity contribution in [3.8, 4) is 0 Å². The number of hydrogen-bond donors (Lipinski definition) is 2. The van der Waals surface area contributed by atoms with Gasteiger partial charge in [-0.3, -0.25) is 4.79 Å². The topological polar surface area (TPSA) is 55.1 Å². The first-order valence-electron chi connectivity index (χ1n) is 6.36. The molecule has 0 aliphatic carbocycles. The van der Waals surface area contributed by atoms with E-state index in [-0.39, 0.29) is 17.8 Å². The molecule has 1 aromatic carbocycles. The van der Waals surface area contributed by atoms with Gasteiger partial charge >= 0.3 is 0 Å². The van der Waals surface area contributed by atoms with Crippen LogP contribution < -0.4 is 11.1 Å². The van der Waals surface area contributed by atoms with Crippen LogP contribution in [0.3, 0.4) is 0 Å². The van der Waals surface area contributed by atoms with Crippen molar-refractivity contribution in [2.75, 3.05) is 5.73 Å². The molecule has 0 bridgehead atoms. The van der Waals surface area contributed by atoms with E-state index in [1.54, 1.807) is 17.4 Å². The first-order chi connectivity index (χ1) is 10.1. The van der Waals surface area contributed by atoms with Crippen molar-refractivity contribution in [1.29, 1.82) is 0 Å². The SMILES string of the molecule is CC(NC(=O)c1sc2ccc(F)cc2c1N)c1ccsc1. The van der Waals surface area contributed by atoms with Gasteiger partial charge in [0.25, 0.3) is 5.91 Å². The molecule has 0 saturated carbocycles. The number of carbonyl (C=O) groups excluding carboxylic acids is 1. The highest BCUT2D eigenvalue weighted by Crippen LogP contribution is 2.34. The number of amides is 1. The van der Waals surface area contributed by atoms with Crippen molar-refractivity contribution < 1.29 is 9.18 Å². The first-order valence-corrected chi connectivity index (χ1v) is 8.12. The van der Waals surface area contributed by atoms with Crippen molar-refractivity contribution >= 4 is 44.4 Å². The molecule has 3 aromatic rings. The van der Waals surface area contributed by atoms with Crippen LogP contribution in [0.15, 0.2) is 35.0 Å². The molecule has 0 saturated heterocycles. The van der Waals surface area contributed by atoms with Gasteiger partial charge in [-0.25, -0.2) is 4.39 Å². The Balaban J connectivity index is 1.89. The van der Waals surface area contributed by atoms with Crippen LogP contribution in [0.25, 0.3) is 10.1 Å². The van der Waals surface area contributed by atoms with Crippen molar-refractivity contribution in [3.63, 3.8) is 0 Å². The van der Waals surface area contributed by atoms with Gasteiger partial charge < -0.3 is 11.1 Å². The first kappa shape index (κ1) is 14.0. The molecule has 2 heterocycles. The summed E-state index contributed by atoms with van der Waals surface area (Å²) in [6.07, 6.45) is 0. The lowest BCUT2D eigenvalue weighted by Crippen LogP contribution is -2.26. The van der Waals surface area contributed by atoms with Crippen LogP contribution in [0, 0.1) is 5.82 Å². The second kappa shape index (κ2) is 5.46. The Morgan fingerprint density at radius 3 is 2.90 bits per heavy atom. The standard InChI is InChI=1S/C15H13FN2OS2/c1-8(9-4-5-20-7-9)18-15(19)14-13(17)11-6-10(16)2-3-12(11)21-14/h2-8H,17H2,1H3,(H,18,19). The number of fused-ring (bicyclic) bond motifs is 1. The van der Waals surface area contributed by atoms with E-state index in [4.69, 9.17) is 5.73 Å². The van der Waals surface area contributed by atoms with Crippen LogP contribution in [0.5, 0.6) is 0 Å². The Morgan fingerprint density at radius 2 is 2.19 bits per heavy atom. The van der Waals surface area contributed by atoms with Gasteiger partial charge in [0.05, 0.1) is 11.7 Å². The van der Waals surface area contributed by atoms with Gasteiger partial charge in [0.2, 0.25) is 0 Å². The molecule has 1 unspecified atom stereocenters. The molecule has 6 heteroatoms. The lowest BCUT2D eigenvalue weighted by molar-refractivity contribution is 0.0945. The molecule has 0 fully saturated rings. The summed E-state index contributed by atoms with van der Waals surface area (Å²) < 4.78 is 14.1. The Kier molecular flexibility index (Phi) is 3.65. The minimum absolute atomic E-state index is 0.0925. The molecule has 108 valence electrons. The van der Waals surface area contributed by atoms with Crippen LogP contribution in [0.1, 0.15) is 28.2 Å². The largest absolute Gasteiger partial charge is 0.397 e. The molecule has 0 spiro atoms. The highest BCUT2D eigenvalue weighted by molar-refractivity contribution is 7.21. The normalized spacial score (nSPS) is 12.5. The third-order valence-electron chi connectivity index (χ3n) is 3.29. The third-order valence-corrected chi connectivity index (χ3v) is 5.17. The van der Waals surface area contributed by atoms with Crippen molar-refractivity contribution in [3.05, 3.63) is 51.3 Å². The number of nitrogen functional groups attached to an aromatic ring is 1. The lowest BCUT2D eigenvalue weighted by atomic mass is 10.1. The highest BCUT2D eigenvalue weighted by atomic mass is 32.1. The summed E-state index contributed by atoms with van der Waals surface area (Å²) in [7, 11) is 0. The highest BCUT2D eigenvalue weighted by Gasteiger charge is 2.19. The van der Waals surface area contributed by atoms with Gasteiger partial charge in [0.15, 0.2) is 0 Å². The minimum atomic E-state index is -0.356. The fourth-order valence-corrected chi connectivity index (χ4v) is 3.88. The number of rotatable bonds is 3. The number of benzene rings is 1. The number of carbonyl (C=O) groups is 1. The molecule has 0 aliphatic heterocycles. The summed E-state index contributed by atoms with van der Waals surface area (Å²) in [5, 5.41) is 7.47. The zero-order chi connectivity index (χ0) is 15.0. The van der Waals surface area contributed by atoms with Gasteiger partial charge in [0.1, 0.15) is 10.7 Å². The average Bonchev–Trinajstić information content (AvgIpc) is 3.08. The Morgan fingerprint density at radius 1 is 1.38 bits per heavy atom. The van der Waals surface area contributed by atoms with Crippen molar-refractivity contribution in [1.82, 2.24) is 5.32 Å². The summed E-state index contributed by atoms with van der Waals surface area (Å²) in [5.74, 6) is -0.585. The smallest absolute Gasteiger partial charge is 0.263 e. The van der Waals surface area contributed by atoms with Gasteiger partial charge in [-0.2, -0.15) is 11.3 Å². The monoisotopic (exact) mass is 320 g/mol. The van der Waals surface area contributed by atoms with Gasteiger partial charge in [-0.1, -0.05) is 0 Å². The van der Waals surface area contributed by atoms with Gasteiger partial charge in [-0.05, 0) is 47.5 Å². The molecule has 2 aromatic heterocycles. The molecule has 21 heavy (non-hydrogen) atoms. The lowest BCUT2D eigenvalue weighted by Gasteiger charge is -2.11. The van der Waals surface area contributed by atoms with Crippen LogP contribution in [0.4, 0.5) is 10.1 Å². The zero-order valence-corrected chi connectivity index (χ0v) is 12.9. The van der Waals surface area contributed by atoms with E-state index >= 15 is 0 Å². The molecule has 3 rings (SSSR count). The fraction of sp³-hybridized carbons (Fsp3) is 0.133. The molecule has 1 amide bonds. The number of nitrogens with one attached hydrogen (secondary N) is 1. The Labute approximate surface area is 129 Å². The Hall–Kier alpha value is -1.92. The van der Waals surface area contributed by atoms with Crippen LogP contribution >= 0.6 is 22.7 Å². The number of thiophene rings is 2. The summed E-state index contributed by atoms with van der Waals surface area (Å²) in [4.78, 5) is 12.8. The molecular weight excluding hydrogens is 307 g/mol. The third kappa shape index (κ3) is 2.64. The maximum Gasteiger partial charge on any atom is 0.263 e. The van der Waals surface area contributed by atoms with Crippen LogP contribution in [-0.4, -0.2) is 5.91 Å². The summed E-state index contributed by atoms with van der Waals surface area (Å²) in [6, 6.07) is 6.25. The molecule has 0 radical (unpaired) electrons. The second-order valence-corrected chi connectivity index (χ2v) is 6.57. The predicted molar refractivity (Wildman–Crippen MR) is 86.4 cm³/mol. The van der Waals surface area contributed by atoms with Crippen molar-refractivity contribution in [2.45, 2.75) is 13.0 Å². The summed E-state index contributed by atoms with van der Waals surface area (Å²) >= 11 is 2.86. The Bertz CT molecular complexity index is 795. The molecule has 0 aliphatic rings. The van der Waals surface area contributed by atoms with E-state index in [0.29, 0.717) is 16.0 Å². The quantitative estimate of drug-likeness (QED) is 0.761. The van der Waals surface area contributed by atoms with Crippen molar-refractivity contribution in [2.24, 2.45) is 0 Å². The summed E-state index contributed by atoms with van der Waals surface area (Å²) in [6.45, 7) is 1.92. The maximum atomic E-state index is 13.3. The molecule has 3 nitrogen and oxygen atoms in total. The van der Waals surface area contributed by atoms with Crippen LogP contribution in [-0.2, 0) is 0 Å². The van der Waals surface area contributed by atoms with E-state index in [1.165, 1.54) is 23.5 Å². The van der Waals surface area contributed by atoms with Crippen LogP contribution in [0.2, 0.25) is 0 Å². The maximum absolute atomic E-state index is 13.3. The van der Waals surface area contributed by atoms with Gasteiger partial charge in [-0.15, -0.1) is 11.3 Å². The number of anilines is 1. The minimum Gasteiger partial charge on any atom is -0.397 e. The molecule has 3 N–H and O–H groups in total. The van der Waals surface area contributed by atoms with E-state index in [9.17, 15) is 9.18 Å². The van der Waals surface area contributed by atoms with E-state index in [0.717, 1.165) is 10.3 Å². The molecular formula is C15H13FN2OS2.